The SMILES string of the molecule is Cc1c(N(CC(=O)Nc2ccc(S(=O)(=O)Nc3cccc4ccccc34)cc2)S(=O)(=O)c2ccccc2)c(=O)n(-c2ccccc2)n1C. The Labute approximate surface area is 277 Å². The number of nitrogens with one attached hydrogen (secondary N) is 2. The van der Waals surface area contributed by atoms with Crippen LogP contribution in [0.4, 0.5) is 17.1 Å². The number of sulfonamides is 2. The molecule has 11 nitrogen and oxygen atoms in total. The van der Waals surface area contributed by atoms with E-state index in [1.165, 1.54) is 45.8 Å². The maximum Gasteiger partial charge on any atom is 0.296 e. The standard InChI is InChI=1S/C35H31N5O6S2/c1-25-34(35(42)40(38(25)2)28-14-5-3-6-15-28)39(48(45,46)30-16-7-4-8-17-30)24-33(41)36-27-20-22-29(23-21-27)47(43,44)37-32-19-11-13-26-12-9-10-18-31(26)32/h3-23,37H,24H2,1-2H3,(H,36,41). The Kier molecular flexibility index (Phi) is 8.65. The van der Waals surface area contributed by atoms with Crippen LogP contribution in [-0.4, -0.2) is 38.7 Å². The largest absolute Gasteiger partial charge is 0.325 e. The van der Waals surface area contributed by atoms with Crippen LogP contribution in [0.5, 0.6) is 0 Å². The number of rotatable bonds is 10. The van der Waals surface area contributed by atoms with Gasteiger partial charge in [-0.2, -0.15) is 0 Å². The molecule has 0 aliphatic rings. The van der Waals surface area contributed by atoms with Gasteiger partial charge in [-0.3, -0.25) is 19.0 Å². The smallest absolute Gasteiger partial charge is 0.296 e. The van der Waals surface area contributed by atoms with E-state index in [0.29, 0.717) is 17.1 Å². The molecule has 1 aromatic heterocycles. The second-order valence-corrected chi connectivity index (χ2v) is 14.5. The molecule has 0 saturated heterocycles. The Bertz CT molecular complexity index is 2400. The Morgan fingerprint density at radius 3 is 2.02 bits per heavy atom. The van der Waals surface area contributed by atoms with Gasteiger partial charge < -0.3 is 5.32 Å². The maximum absolute atomic E-state index is 14.0. The lowest BCUT2D eigenvalue weighted by atomic mass is 10.1. The van der Waals surface area contributed by atoms with Crippen molar-refractivity contribution >= 4 is 53.8 Å². The number of anilines is 3. The minimum Gasteiger partial charge on any atom is -0.325 e. The lowest BCUT2D eigenvalue weighted by Gasteiger charge is -2.23. The molecule has 0 aliphatic carbocycles. The second-order valence-electron chi connectivity index (χ2n) is 10.9. The van der Waals surface area contributed by atoms with Crippen LogP contribution in [0.1, 0.15) is 5.69 Å². The average Bonchev–Trinajstić information content (AvgIpc) is 3.31. The molecule has 5 aromatic carbocycles. The van der Waals surface area contributed by atoms with Crippen molar-refractivity contribution in [1.82, 2.24) is 9.36 Å². The fraction of sp³-hybridized carbons (Fsp3) is 0.0857. The van der Waals surface area contributed by atoms with E-state index < -0.39 is 38.1 Å². The zero-order chi connectivity index (χ0) is 34.1. The van der Waals surface area contributed by atoms with Crippen LogP contribution in [0, 0.1) is 6.92 Å². The number of amides is 1. The van der Waals surface area contributed by atoms with Gasteiger partial charge in [0.2, 0.25) is 5.91 Å². The van der Waals surface area contributed by atoms with Gasteiger partial charge in [0.25, 0.3) is 25.6 Å². The molecule has 6 rings (SSSR count). The van der Waals surface area contributed by atoms with Crippen molar-refractivity contribution in [2.24, 2.45) is 7.05 Å². The molecule has 48 heavy (non-hydrogen) atoms. The molecule has 0 radical (unpaired) electrons. The van der Waals surface area contributed by atoms with Crippen molar-refractivity contribution in [3.63, 3.8) is 0 Å². The van der Waals surface area contributed by atoms with Crippen LogP contribution in [0.25, 0.3) is 16.5 Å². The number of hydrogen-bond donors (Lipinski definition) is 2. The van der Waals surface area contributed by atoms with Crippen molar-refractivity contribution in [3.05, 3.63) is 143 Å². The highest BCUT2D eigenvalue weighted by Gasteiger charge is 2.33. The topological polar surface area (TPSA) is 140 Å². The summed E-state index contributed by atoms with van der Waals surface area (Å²) in [5.74, 6) is -0.743. The molecular formula is C35H31N5O6S2. The monoisotopic (exact) mass is 681 g/mol. The van der Waals surface area contributed by atoms with Gasteiger partial charge in [-0.1, -0.05) is 72.8 Å². The van der Waals surface area contributed by atoms with Gasteiger partial charge in [0.15, 0.2) is 0 Å². The van der Waals surface area contributed by atoms with E-state index in [1.807, 2.05) is 30.3 Å². The molecule has 0 atom stereocenters. The zero-order valence-electron chi connectivity index (χ0n) is 25.9. The third kappa shape index (κ3) is 6.20. The first-order valence-corrected chi connectivity index (χ1v) is 17.7. The van der Waals surface area contributed by atoms with Crippen LogP contribution in [0.15, 0.2) is 142 Å². The second kappa shape index (κ2) is 12.9. The average molecular weight is 682 g/mol. The number of nitrogens with zero attached hydrogens (tertiary/aromatic N) is 3. The molecule has 0 bridgehead atoms. The van der Waals surface area contributed by atoms with Crippen molar-refractivity contribution in [3.8, 4) is 5.69 Å². The molecule has 0 unspecified atom stereocenters. The molecular weight excluding hydrogens is 651 g/mol. The fourth-order valence-corrected chi connectivity index (χ4v) is 7.98. The predicted molar refractivity (Wildman–Crippen MR) is 187 cm³/mol. The van der Waals surface area contributed by atoms with E-state index in [9.17, 15) is 26.4 Å². The summed E-state index contributed by atoms with van der Waals surface area (Å²) in [6, 6.07) is 34.5. The van der Waals surface area contributed by atoms with Crippen LogP contribution < -0.4 is 19.9 Å². The molecule has 13 heteroatoms. The quantitative estimate of drug-likeness (QED) is 0.202. The van der Waals surface area contributed by atoms with E-state index in [1.54, 1.807) is 74.6 Å². The minimum atomic E-state index is -4.39. The lowest BCUT2D eigenvalue weighted by Crippen LogP contribution is -2.41. The van der Waals surface area contributed by atoms with Crippen LogP contribution in [-0.2, 0) is 31.9 Å². The highest BCUT2D eigenvalue weighted by Crippen LogP contribution is 2.28. The van der Waals surface area contributed by atoms with Gasteiger partial charge in [0.05, 0.1) is 26.9 Å². The van der Waals surface area contributed by atoms with E-state index in [2.05, 4.69) is 10.0 Å². The summed E-state index contributed by atoms with van der Waals surface area (Å²) in [5.41, 5.74) is 0.693. The van der Waals surface area contributed by atoms with Crippen molar-refractivity contribution in [2.45, 2.75) is 16.7 Å². The summed E-state index contributed by atoms with van der Waals surface area (Å²) in [5, 5.41) is 4.26. The first-order chi connectivity index (χ1) is 23.0. The lowest BCUT2D eigenvalue weighted by molar-refractivity contribution is -0.114. The van der Waals surface area contributed by atoms with Crippen molar-refractivity contribution in [1.29, 1.82) is 0 Å². The molecule has 244 valence electrons. The number of para-hydroxylation sites is 1. The third-order valence-corrected chi connectivity index (χ3v) is 11.0. The van der Waals surface area contributed by atoms with E-state index in [4.69, 9.17) is 0 Å². The number of fused-ring (bicyclic) bond motifs is 1. The highest BCUT2D eigenvalue weighted by atomic mass is 32.2. The zero-order valence-corrected chi connectivity index (χ0v) is 27.6. The summed E-state index contributed by atoms with van der Waals surface area (Å²) >= 11 is 0. The van der Waals surface area contributed by atoms with Crippen molar-refractivity contribution in [2.75, 3.05) is 20.9 Å². The summed E-state index contributed by atoms with van der Waals surface area (Å²) in [7, 11) is -6.73. The van der Waals surface area contributed by atoms with Crippen LogP contribution in [0.3, 0.4) is 0 Å². The molecule has 1 amide bonds. The Hall–Kier alpha value is -5.66. The molecule has 0 saturated carbocycles. The predicted octanol–water partition coefficient (Wildman–Crippen LogP) is 5.27. The van der Waals surface area contributed by atoms with Gasteiger partial charge in [-0.15, -0.1) is 0 Å². The summed E-state index contributed by atoms with van der Waals surface area (Å²) in [6.45, 7) is 0.877. The minimum absolute atomic E-state index is 0.0388. The fourth-order valence-electron chi connectivity index (χ4n) is 5.41. The van der Waals surface area contributed by atoms with E-state index in [-0.39, 0.29) is 21.2 Å². The Morgan fingerprint density at radius 1 is 0.729 bits per heavy atom. The van der Waals surface area contributed by atoms with Gasteiger partial charge in [0.1, 0.15) is 12.2 Å². The third-order valence-electron chi connectivity index (χ3n) is 7.87. The van der Waals surface area contributed by atoms with Gasteiger partial charge >= 0.3 is 0 Å². The Morgan fingerprint density at radius 2 is 1.33 bits per heavy atom. The number of carbonyl (C=O) groups excluding carboxylic acids is 1. The number of carbonyl (C=O) groups is 1. The number of hydrogen-bond acceptors (Lipinski definition) is 6. The summed E-state index contributed by atoms with van der Waals surface area (Å²) in [6.07, 6.45) is 0. The maximum atomic E-state index is 14.0. The van der Waals surface area contributed by atoms with Gasteiger partial charge in [0, 0.05) is 18.1 Å². The van der Waals surface area contributed by atoms with E-state index >= 15 is 0 Å². The first kappa shape index (κ1) is 32.3. The molecule has 6 aromatic rings. The first-order valence-electron chi connectivity index (χ1n) is 14.8. The van der Waals surface area contributed by atoms with Crippen molar-refractivity contribution < 1.29 is 21.6 Å². The highest BCUT2D eigenvalue weighted by molar-refractivity contribution is 7.93. The van der Waals surface area contributed by atoms with Crippen LogP contribution >= 0.6 is 0 Å². The summed E-state index contributed by atoms with van der Waals surface area (Å²) < 4.78 is 60.7. The summed E-state index contributed by atoms with van der Waals surface area (Å²) in [4.78, 5) is 27.2. The molecule has 0 aliphatic heterocycles. The number of benzene rings is 5. The Balaban J connectivity index is 1.28. The van der Waals surface area contributed by atoms with Gasteiger partial charge in [-0.25, -0.2) is 25.8 Å². The van der Waals surface area contributed by atoms with E-state index in [0.717, 1.165) is 15.1 Å². The van der Waals surface area contributed by atoms with Crippen LogP contribution in [0.2, 0.25) is 0 Å². The normalized spacial score (nSPS) is 11.7. The number of aromatic nitrogens is 2. The molecule has 2 N–H and O–H groups in total. The molecule has 0 fully saturated rings. The molecule has 0 spiro atoms. The molecule has 1 heterocycles. The van der Waals surface area contributed by atoms with Gasteiger partial charge in [-0.05, 0) is 66.9 Å².